The highest BCUT2D eigenvalue weighted by Crippen LogP contribution is 2.44. The van der Waals surface area contributed by atoms with E-state index in [2.05, 4.69) is 16.4 Å². The maximum absolute atomic E-state index is 14.3. The first kappa shape index (κ1) is 21.5. The number of fused-ring (bicyclic) bond motifs is 1. The molecular formula is C25H29FN2O3. The molecule has 4 rings (SSSR count). The molecule has 5 nitrogen and oxygen atoms in total. The van der Waals surface area contributed by atoms with Crippen LogP contribution in [-0.4, -0.2) is 18.0 Å². The van der Waals surface area contributed by atoms with Crippen molar-refractivity contribution in [2.24, 2.45) is 0 Å². The van der Waals surface area contributed by atoms with Crippen LogP contribution in [0.5, 0.6) is 0 Å². The van der Waals surface area contributed by atoms with E-state index < -0.39 is 0 Å². The summed E-state index contributed by atoms with van der Waals surface area (Å²) in [7, 11) is 1.49. The fourth-order valence-electron chi connectivity index (χ4n) is 4.58. The summed E-state index contributed by atoms with van der Waals surface area (Å²) >= 11 is 0. The van der Waals surface area contributed by atoms with Crippen LogP contribution < -0.4 is 5.32 Å². The lowest BCUT2D eigenvalue weighted by Crippen LogP contribution is -2.11. The minimum Gasteiger partial charge on any atom is -0.354 e. The van der Waals surface area contributed by atoms with Gasteiger partial charge in [0, 0.05) is 22.9 Å². The van der Waals surface area contributed by atoms with Gasteiger partial charge in [0.05, 0.1) is 18.5 Å². The van der Waals surface area contributed by atoms with Crippen molar-refractivity contribution in [2.45, 2.75) is 58.0 Å². The zero-order valence-electron chi connectivity index (χ0n) is 18.1. The predicted molar refractivity (Wildman–Crippen MR) is 120 cm³/mol. The summed E-state index contributed by atoms with van der Waals surface area (Å²) < 4.78 is 14.3. The number of amides is 1. The van der Waals surface area contributed by atoms with Crippen LogP contribution in [0.4, 0.5) is 10.1 Å². The van der Waals surface area contributed by atoms with E-state index in [9.17, 15) is 9.18 Å². The number of aromatic amines is 1. The van der Waals surface area contributed by atoms with E-state index in [1.54, 1.807) is 13.0 Å². The number of carbonyl (C=O) groups is 1. The zero-order valence-corrected chi connectivity index (χ0v) is 18.1. The Balaban J connectivity index is 1.88. The van der Waals surface area contributed by atoms with Gasteiger partial charge in [0.15, 0.2) is 0 Å². The molecule has 1 heterocycles. The average Bonchev–Trinajstić information content (AvgIpc) is 3.17. The summed E-state index contributed by atoms with van der Waals surface area (Å²) in [4.78, 5) is 25.5. The lowest BCUT2D eigenvalue weighted by molar-refractivity contribution is -0.282. The zero-order chi connectivity index (χ0) is 21.8. The molecule has 1 aliphatic carbocycles. The highest BCUT2D eigenvalue weighted by molar-refractivity contribution is 5.98. The number of rotatable bonds is 7. The first-order chi connectivity index (χ1) is 15.1. The first-order valence-electron chi connectivity index (χ1n) is 11.0. The van der Waals surface area contributed by atoms with Gasteiger partial charge in [-0.05, 0) is 54.2 Å². The largest absolute Gasteiger partial charge is 0.354 e. The smallest absolute Gasteiger partial charge is 0.224 e. The van der Waals surface area contributed by atoms with Gasteiger partial charge in [0.2, 0.25) is 5.91 Å². The molecule has 0 unspecified atom stereocenters. The second-order valence-electron chi connectivity index (χ2n) is 8.15. The fraction of sp³-hybridized carbons (Fsp3) is 0.400. The van der Waals surface area contributed by atoms with Crippen molar-refractivity contribution >= 4 is 22.5 Å². The molecule has 31 heavy (non-hydrogen) atoms. The molecule has 0 bridgehead atoms. The van der Waals surface area contributed by atoms with Crippen molar-refractivity contribution in [1.29, 1.82) is 0 Å². The Labute approximate surface area is 181 Å². The Morgan fingerprint density at radius 3 is 2.71 bits per heavy atom. The third-order valence-corrected chi connectivity index (χ3v) is 6.11. The lowest BCUT2D eigenvalue weighted by Gasteiger charge is -2.23. The number of nitrogens with one attached hydrogen (secondary N) is 2. The number of halogens is 1. The number of aromatic nitrogens is 1. The van der Waals surface area contributed by atoms with Crippen LogP contribution in [0, 0.1) is 5.82 Å². The molecule has 0 spiro atoms. The molecule has 6 heteroatoms. The highest BCUT2D eigenvalue weighted by Gasteiger charge is 2.25. The molecule has 3 aromatic rings. The molecule has 0 saturated heterocycles. The van der Waals surface area contributed by atoms with Crippen LogP contribution in [0.15, 0.2) is 36.4 Å². The quantitative estimate of drug-likeness (QED) is 0.338. The second-order valence-corrected chi connectivity index (χ2v) is 8.15. The summed E-state index contributed by atoms with van der Waals surface area (Å²) in [6.07, 6.45) is 6.23. The van der Waals surface area contributed by atoms with Crippen molar-refractivity contribution < 1.29 is 19.0 Å². The van der Waals surface area contributed by atoms with Crippen molar-refractivity contribution in [2.75, 3.05) is 12.4 Å². The monoisotopic (exact) mass is 424 g/mol. The van der Waals surface area contributed by atoms with Gasteiger partial charge in [0.1, 0.15) is 12.4 Å². The van der Waals surface area contributed by atoms with E-state index in [1.807, 2.05) is 12.1 Å². The summed E-state index contributed by atoms with van der Waals surface area (Å²) in [5.41, 5.74) is 5.37. The van der Waals surface area contributed by atoms with Crippen LogP contribution in [0.25, 0.3) is 22.2 Å². The van der Waals surface area contributed by atoms with Crippen molar-refractivity contribution in [3.63, 3.8) is 0 Å². The Bertz CT molecular complexity index is 1070. The topological polar surface area (TPSA) is 63.4 Å². The predicted octanol–water partition coefficient (Wildman–Crippen LogP) is 6.45. The third kappa shape index (κ3) is 4.65. The number of benzene rings is 2. The molecule has 0 radical (unpaired) electrons. The highest BCUT2D eigenvalue weighted by atomic mass is 19.1. The number of H-pyrrole nitrogens is 1. The number of anilines is 1. The van der Waals surface area contributed by atoms with Gasteiger partial charge in [0.25, 0.3) is 0 Å². The number of hydrogen-bond acceptors (Lipinski definition) is 3. The lowest BCUT2D eigenvalue weighted by atomic mass is 9.81. The van der Waals surface area contributed by atoms with Gasteiger partial charge in [-0.25, -0.2) is 14.2 Å². The fourth-order valence-corrected chi connectivity index (χ4v) is 4.58. The van der Waals surface area contributed by atoms with Gasteiger partial charge < -0.3 is 10.3 Å². The standard InChI is InChI=1S/C25H29FN2O3/c1-3-23(29)27-21-12-10-18(26)14-20(21)25-24(17-7-5-4-6-8-17)19-11-9-16(15-31-30-2)13-22(19)28-25/h9-14,17,28H,3-8,15H2,1-2H3,(H,27,29). The summed E-state index contributed by atoms with van der Waals surface area (Å²) in [5, 5.41) is 4.08. The summed E-state index contributed by atoms with van der Waals surface area (Å²) in [6.45, 7) is 2.15. The molecule has 0 aliphatic heterocycles. The second kappa shape index (κ2) is 9.62. The van der Waals surface area contributed by atoms with Gasteiger partial charge in [-0.2, -0.15) is 0 Å². The maximum atomic E-state index is 14.3. The number of hydrogen-bond donors (Lipinski definition) is 2. The van der Waals surface area contributed by atoms with Crippen molar-refractivity contribution in [1.82, 2.24) is 4.98 Å². The first-order valence-corrected chi connectivity index (χ1v) is 11.0. The van der Waals surface area contributed by atoms with E-state index in [0.717, 1.165) is 35.0 Å². The van der Waals surface area contributed by atoms with Crippen LogP contribution >= 0.6 is 0 Å². The van der Waals surface area contributed by atoms with Gasteiger partial charge >= 0.3 is 0 Å². The Morgan fingerprint density at radius 2 is 1.97 bits per heavy atom. The van der Waals surface area contributed by atoms with Crippen LogP contribution in [0.3, 0.4) is 0 Å². The summed E-state index contributed by atoms with van der Waals surface area (Å²) in [5.74, 6) is -0.0225. The normalized spacial score (nSPS) is 14.8. The molecule has 2 aromatic carbocycles. The summed E-state index contributed by atoms with van der Waals surface area (Å²) in [6, 6.07) is 10.7. The molecule has 1 amide bonds. The molecule has 1 aromatic heterocycles. The van der Waals surface area contributed by atoms with E-state index >= 15 is 0 Å². The number of carbonyl (C=O) groups excluding carboxylic acids is 1. The van der Waals surface area contributed by atoms with E-state index in [0.29, 0.717) is 30.2 Å². The molecule has 164 valence electrons. The molecule has 1 saturated carbocycles. The van der Waals surface area contributed by atoms with E-state index in [4.69, 9.17) is 9.78 Å². The van der Waals surface area contributed by atoms with Gasteiger partial charge in [-0.1, -0.05) is 38.3 Å². The minimum atomic E-state index is -0.327. The Hall–Kier alpha value is -2.70. The molecule has 0 atom stereocenters. The van der Waals surface area contributed by atoms with E-state index in [-0.39, 0.29) is 11.7 Å². The van der Waals surface area contributed by atoms with Gasteiger partial charge in [-0.3, -0.25) is 4.79 Å². The Kier molecular flexibility index (Phi) is 6.68. The molecule has 1 fully saturated rings. The van der Waals surface area contributed by atoms with Crippen LogP contribution in [-0.2, 0) is 21.2 Å². The van der Waals surface area contributed by atoms with Crippen LogP contribution in [0.2, 0.25) is 0 Å². The molecule has 1 aliphatic rings. The Morgan fingerprint density at radius 1 is 1.16 bits per heavy atom. The SMILES string of the molecule is CCC(=O)Nc1ccc(F)cc1-c1[nH]c2cc(COOC)ccc2c1C1CCCCC1. The third-order valence-electron chi connectivity index (χ3n) is 6.11. The maximum Gasteiger partial charge on any atom is 0.224 e. The van der Waals surface area contributed by atoms with Crippen molar-refractivity contribution in [3.05, 3.63) is 53.3 Å². The molecule has 2 N–H and O–H groups in total. The average molecular weight is 425 g/mol. The van der Waals surface area contributed by atoms with Crippen LogP contribution in [0.1, 0.15) is 62.5 Å². The van der Waals surface area contributed by atoms with E-state index in [1.165, 1.54) is 44.1 Å². The van der Waals surface area contributed by atoms with Gasteiger partial charge in [-0.15, -0.1) is 0 Å². The molecular weight excluding hydrogens is 395 g/mol. The van der Waals surface area contributed by atoms with Crippen molar-refractivity contribution in [3.8, 4) is 11.3 Å². The minimum absolute atomic E-state index is 0.0952.